The Kier molecular flexibility index (Phi) is 3.63. The fourth-order valence-electron chi connectivity index (χ4n) is 3.33. The average Bonchev–Trinajstić information content (AvgIpc) is 2.89. The van der Waals surface area contributed by atoms with Gasteiger partial charge in [0.1, 0.15) is 0 Å². The molecule has 1 atom stereocenters. The first kappa shape index (κ1) is 13.1. The maximum atomic E-state index is 12.6. The summed E-state index contributed by atoms with van der Waals surface area (Å²) in [5.41, 5.74) is 0.352. The number of carbonyl (C=O) groups excluding carboxylic acids is 1. The Morgan fingerprint density at radius 1 is 1.53 bits per heavy atom. The largest absolute Gasteiger partial charge is 0.338 e. The normalized spacial score (nSPS) is 24.4. The molecule has 1 saturated heterocycles. The Labute approximate surface area is 119 Å². The molecule has 1 aliphatic heterocycles. The number of carbonyl (C=O) groups is 1. The first-order valence-corrected chi connectivity index (χ1v) is 8.15. The monoisotopic (exact) mass is 278 g/mol. The van der Waals surface area contributed by atoms with Crippen molar-refractivity contribution in [2.24, 2.45) is 11.3 Å². The third kappa shape index (κ3) is 2.56. The number of amides is 1. The molecular weight excluding hydrogens is 256 g/mol. The van der Waals surface area contributed by atoms with Crippen LogP contribution in [0.2, 0.25) is 0 Å². The molecule has 1 amide bonds. The van der Waals surface area contributed by atoms with E-state index in [2.05, 4.69) is 29.8 Å². The Morgan fingerprint density at radius 3 is 2.95 bits per heavy atom. The lowest BCUT2D eigenvalue weighted by Gasteiger charge is -2.26. The van der Waals surface area contributed by atoms with E-state index in [0.29, 0.717) is 17.2 Å². The summed E-state index contributed by atoms with van der Waals surface area (Å²) in [6, 6.07) is 4.18. The average molecular weight is 278 g/mol. The quantitative estimate of drug-likeness (QED) is 0.917. The van der Waals surface area contributed by atoms with Crippen LogP contribution in [-0.4, -0.2) is 30.4 Å². The van der Waals surface area contributed by atoms with Crippen molar-refractivity contribution in [2.75, 3.05) is 19.6 Å². The topological polar surface area (TPSA) is 32.3 Å². The molecule has 3 rings (SSSR count). The minimum absolute atomic E-state index is 0.300. The second-order valence-electron chi connectivity index (χ2n) is 5.80. The van der Waals surface area contributed by atoms with Gasteiger partial charge in [0.15, 0.2) is 0 Å². The summed E-state index contributed by atoms with van der Waals surface area (Å²) in [6.07, 6.45) is 3.48. The minimum atomic E-state index is 0.300. The van der Waals surface area contributed by atoms with E-state index in [0.717, 1.165) is 32.6 Å². The number of piperidine rings is 1. The molecular formula is C15H22N2OS. The molecule has 1 saturated carbocycles. The van der Waals surface area contributed by atoms with E-state index in [4.69, 9.17) is 0 Å². The van der Waals surface area contributed by atoms with Gasteiger partial charge in [0.25, 0.3) is 0 Å². The number of rotatable bonds is 4. The standard InChI is InChI=1S/C15H22N2OS/c1-2-17(11-12-4-3-9-19-12)14(18)13-10-15(13)5-7-16-8-6-15/h3-4,9,13,16H,2,5-8,10-11H2,1H3. The molecule has 1 N–H and O–H groups in total. The molecule has 1 aromatic rings. The molecule has 1 spiro atoms. The van der Waals surface area contributed by atoms with Crippen LogP contribution in [0.4, 0.5) is 0 Å². The summed E-state index contributed by atoms with van der Waals surface area (Å²) >= 11 is 1.74. The van der Waals surface area contributed by atoms with E-state index < -0.39 is 0 Å². The van der Waals surface area contributed by atoms with E-state index in [1.807, 2.05) is 4.90 Å². The summed E-state index contributed by atoms with van der Waals surface area (Å²) in [7, 11) is 0. The Morgan fingerprint density at radius 2 is 2.32 bits per heavy atom. The van der Waals surface area contributed by atoms with Crippen molar-refractivity contribution < 1.29 is 4.79 Å². The number of nitrogens with zero attached hydrogens (tertiary/aromatic N) is 1. The predicted octanol–water partition coefficient (Wildman–Crippen LogP) is 2.49. The fourth-order valence-corrected chi connectivity index (χ4v) is 4.05. The van der Waals surface area contributed by atoms with Crippen molar-refractivity contribution in [3.63, 3.8) is 0 Å². The van der Waals surface area contributed by atoms with Gasteiger partial charge in [0.05, 0.1) is 6.54 Å². The van der Waals surface area contributed by atoms with Crippen LogP contribution in [-0.2, 0) is 11.3 Å². The van der Waals surface area contributed by atoms with Gasteiger partial charge >= 0.3 is 0 Å². The summed E-state index contributed by atoms with van der Waals surface area (Å²) in [6.45, 7) is 5.87. The van der Waals surface area contributed by atoms with Gasteiger partial charge in [-0.2, -0.15) is 0 Å². The lowest BCUT2D eigenvalue weighted by molar-refractivity contribution is -0.134. The van der Waals surface area contributed by atoms with Crippen molar-refractivity contribution in [3.8, 4) is 0 Å². The van der Waals surface area contributed by atoms with E-state index in [1.165, 1.54) is 17.7 Å². The lowest BCUT2D eigenvalue weighted by Crippen LogP contribution is -2.36. The smallest absolute Gasteiger partial charge is 0.226 e. The SMILES string of the molecule is CCN(Cc1cccs1)C(=O)C1CC12CCNCC2. The second kappa shape index (κ2) is 5.25. The molecule has 0 aromatic carbocycles. The fraction of sp³-hybridized carbons (Fsp3) is 0.667. The number of hydrogen-bond acceptors (Lipinski definition) is 3. The zero-order valence-electron chi connectivity index (χ0n) is 11.5. The maximum absolute atomic E-state index is 12.6. The summed E-state index contributed by atoms with van der Waals surface area (Å²) in [5, 5.41) is 5.48. The number of thiophene rings is 1. The van der Waals surface area contributed by atoms with Crippen LogP contribution in [0.1, 0.15) is 31.1 Å². The molecule has 19 heavy (non-hydrogen) atoms. The maximum Gasteiger partial charge on any atom is 0.226 e. The van der Waals surface area contributed by atoms with Gasteiger partial charge in [0.2, 0.25) is 5.91 Å². The van der Waals surface area contributed by atoms with E-state index >= 15 is 0 Å². The number of hydrogen-bond donors (Lipinski definition) is 1. The highest BCUT2D eigenvalue weighted by molar-refractivity contribution is 7.09. The highest BCUT2D eigenvalue weighted by Gasteiger charge is 2.58. The molecule has 2 fully saturated rings. The molecule has 1 aromatic heterocycles. The Bertz CT molecular complexity index is 437. The Hall–Kier alpha value is -0.870. The van der Waals surface area contributed by atoms with Crippen LogP contribution in [0.25, 0.3) is 0 Å². The lowest BCUT2D eigenvalue weighted by atomic mass is 9.91. The first-order chi connectivity index (χ1) is 9.25. The molecule has 0 radical (unpaired) electrons. The molecule has 4 heteroatoms. The van der Waals surface area contributed by atoms with Crippen LogP contribution >= 0.6 is 11.3 Å². The van der Waals surface area contributed by atoms with Crippen molar-refractivity contribution >= 4 is 17.2 Å². The predicted molar refractivity (Wildman–Crippen MR) is 78.1 cm³/mol. The van der Waals surface area contributed by atoms with Gasteiger partial charge < -0.3 is 10.2 Å². The summed E-state index contributed by atoms with van der Waals surface area (Å²) in [5.74, 6) is 0.687. The van der Waals surface area contributed by atoms with Crippen LogP contribution in [0.15, 0.2) is 17.5 Å². The summed E-state index contributed by atoms with van der Waals surface area (Å²) in [4.78, 5) is 16.0. The van der Waals surface area contributed by atoms with Crippen molar-refractivity contribution in [3.05, 3.63) is 22.4 Å². The van der Waals surface area contributed by atoms with Gasteiger partial charge in [-0.05, 0) is 56.1 Å². The molecule has 1 unspecified atom stereocenters. The zero-order chi connectivity index (χ0) is 13.3. The van der Waals surface area contributed by atoms with Crippen LogP contribution in [0.3, 0.4) is 0 Å². The molecule has 104 valence electrons. The van der Waals surface area contributed by atoms with Gasteiger partial charge in [-0.3, -0.25) is 4.79 Å². The molecule has 0 bridgehead atoms. The number of nitrogens with one attached hydrogen (secondary N) is 1. The molecule has 2 heterocycles. The summed E-state index contributed by atoms with van der Waals surface area (Å²) < 4.78 is 0. The van der Waals surface area contributed by atoms with Gasteiger partial charge in [-0.25, -0.2) is 0 Å². The third-order valence-corrected chi connectivity index (χ3v) is 5.57. The van der Waals surface area contributed by atoms with Crippen LogP contribution in [0, 0.1) is 11.3 Å². The van der Waals surface area contributed by atoms with E-state index in [9.17, 15) is 4.79 Å². The second-order valence-corrected chi connectivity index (χ2v) is 6.83. The minimum Gasteiger partial charge on any atom is -0.338 e. The van der Waals surface area contributed by atoms with Crippen LogP contribution < -0.4 is 5.32 Å². The van der Waals surface area contributed by atoms with Crippen molar-refractivity contribution in [2.45, 2.75) is 32.7 Å². The zero-order valence-corrected chi connectivity index (χ0v) is 12.3. The van der Waals surface area contributed by atoms with E-state index in [-0.39, 0.29) is 0 Å². The van der Waals surface area contributed by atoms with Crippen molar-refractivity contribution in [1.82, 2.24) is 10.2 Å². The highest BCUT2D eigenvalue weighted by Crippen LogP contribution is 2.59. The van der Waals surface area contributed by atoms with Gasteiger partial charge in [-0.15, -0.1) is 11.3 Å². The highest BCUT2D eigenvalue weighted by atomic mass is 32.1. The molecule has 1 aliphatic carbocycles. The van der Waals surface area contributed by atoms with Crippen molar-refractivity contribution in [1.29, 1.82) is 0 Å². The van der Waals surface area contributed by atoms with Gasteiger partial charge in [-0.1, -0.05) is 6.07 Å². The van der Waals surface area contributed by atoms with Gasteiger partial charge in [0, 0.05) is 17.3 Å². The van der Waals surface area contributed by atoms with Crippen LogP contribution in [0.5, 0.6) is 0 Å². The molecule has 3 nitrogen and oxygen atoms in total. The Balaban J connectivity index is 1.62. The first-order valence-electron chi connectivity index (χ1n) is 7.27. The van der Waals surface area contributed by atoms with E-state index in [1.54, 1.807) is 11.3 Å². The molecule has 2 aliphatic rings. The third-order valence-electron chi connectivity index (χ3n) is 4.71.